The van der Waals surface area contributed by atoms with Gasteiger partial charge in [-0.25, -0.2) is 4.79 Å². The van der Waals surface area contributed by atoms with Gasteiger partial charge in [0.25, 0.3) is 5.91 Å². The van der Waals surface area contributed by atoms with Crippen LogP contribution in [0, 0.1) is 0 Å². The van der Waals surface area contributed by atoms with Gasteiger partial charge in [0.1, 0.15) is 0 Å². The zero-order valence-electron chi connectivity index (χ0n) is 9.69. The van der Waals surface area contributed by atoms with E-state index in [-0.39, 0.29) is 16.8 Å². The first-order valence-corrected chi connectivity index (χ1v) is 8.02. The summed E-state index contributed by atoms with van der Waals surface area (Å²) in [5, 5.41) is 5.95. The number of carbonyl (C=O) groups excluding carboxylic acids is 2. The normalized spacial score (nSPS) is 18.6. The van der Waals surface area contributed by atoms with Crippen LogP contribution in [0.15, 0.2) is 5.16 Å². The van der Waals surface area contributed by atoms with Crippen LogP contribution in [-0.2, 0) is 9.63 Å². The Morgan fingerprint density at radius 1 is 1.63 bits per heavy atom. The topological polar surface area (TPSA) is 71.0 Å². The molecule has 0 saturated carbocycles. The lowest BCUT2D eigenvalue weighted by Crippen LogP contribution is -2.38. The number of carbonyl (C=O) groups is 2. The Kier molecular flexibility index (Phi) is 6.89. The van der Waals surface area contributed by atoms with Gasteiger partial charge in [-0.15, -0.1) is 0 Å². The SMILES string of the molecule is CN1CCSC(=NOC(=O)NCSC(Cl)(Cl)Cl)C1=O. The van der Waals surface area contributed by atoms with Gasteiger partial charge in [-0.2, -0.15) is 0 Å². The summed E-state index contributed by atoms with van der Waals surface area (Å²) >= 11 is 18.5. The first-order chi connectivity index (χ1) is 8.79. The number of hydrogen-bond acceptors (Lipinski definition) is 6. The molecule has 0 aliphatic carbocycles. The molecule has 0 unspecified atom stereocenters. The Morgan fingerprint density at radius 3 is 2.95 bits per heavy atom. The van der Waals surface area contributed by atoms with Crippen molar-refractivity contribution in [2.75, 3.05) is 25.2 Å². The Bertz CT molecular complexity index is 389. The molecular weight excluding hydrogens is 357 g/mol. The second kappa shape index (κ2) is 7.68. The summed E-state index contributed by atoms with van der Waals surface area (Å²) in [5.74, 6) is 0.468. The van der Waals surface area contributed by atoms with Crippen LogP contribution in [0.5, 0.6) is 0 Å². The van der Waals surface area contributed by atoms with Gasteiger partial charge in [-0.3, -0.25) is 9.63 Å². The van der Waals surface area contributed by atoms with Gasteiger partial charge in [0, 0.05) is 19.3 Å². The maximum absolute atomic E-state index is 11.6. The summed E-state index contributed by atoms with van der Waals surface area (Å²) in [7, 11) is 1.65. The monoisotopic (exact) mass is 365 g/mol. The van der Waals surface area contributed by atoms with Gasteiger partial charge >= 0.3 is 6.09 Å². The molecule has 11 heteroatoms. The van der Waals surface area contributed by atoms with Crippen LogP contribution in [0.25, 0.3) is 0 Å². The molecule has 0 aromatic heterocycles. The van der Waals surface area contributed by atoms with E-state index >= 15 is 0 Å². The Labute approximate surface area is 133 Å². The zero-order valence-corrected chi connectivity index (χ0v) is 13.6. The van der Waals surface area contributed by atoms with Crippen molar-refractivity contribution in [1.82, 2.24) is 10.2 Å². The summed E-state index contributed by atoms with van der Waals surface area (Å²) in [4.78, 5) is 28.9. The molecule has 108 valence electrons. The summed E-state index contributed by atoms with van der Waals surface area (Å²) in [6.45, 7) is 0.634. The minimum absolute atomic E-state index is 0.0428. The summed E-state index contributed by atoms with van der Waals surface area (Å²) in [6.07, 6.45) is -0.823. The average Bonchev–Trinajstić information content (AvgIpc) is 2.29. The Balaban J connectivity index is 2.35. The van der Waals surface area contributed by atoms with Crippen LogP contribution in [0.1, 0.15) is 0 Å². The van der Waals surface area contributed by atoms with Gasteiger partial charge in [-0.05, 0) is 0 Å². The molecular formula is C8H10Cl3N3O3S2. The standard InChI is InChI=1S/C8H10Cl3N3O3S2/c1-14-2-3-18-5(6(14)15)13-17-7(16)12-4-19-8(9,10)11/h2-4H2,1H3,(H,12,16). The highest BCUT2D eigenvalue weighted by molar-refractivity contribution is 8.15. The van der Waals surface area contributed by atoms with E-state index in [0.29, 0.717) is 12.3 Å². The molecule has 0 aromatic carbocycles. The Hall–Kier alpha value is -0.0200. The van der Waals surface area contributed by atoms with Crippen molar-refractivity contribution in [2.24, 2.45) is 5.16 Å². The molecule has 0 spiro atoms. The van der Waals surface area contributed by atoms with E-state index in [1.807, 2.05) is 0 Å². The number of nitrogens with zero attached hydrogens (tertiary/aromatic N) is 2. The smallest absolute Gasteiger partial charge is 0.339 e. The van der Waals surface area contributed by atoms with Crippen molar-refractivity contribution in [3.05, 3.63) is 0 Å². The van der Waals surface area contributed by atoms with Crippen LogP contribution in [-0.4, -0.2) is 50.3 Å². The third kappa shape index (κ3) is 6.80. The van der Waals surface area contributed by atoms with Crippen molar-refractivity contribution in [3.63, 3.8) is 0 Å². The first kappa shape index (κ1) is 17.0. The lowest BCUT2D eigenvalue weighted by molar-refractivity contribution is -0.122. The number of hydrogen-bond donors (Lipinski definition) is 1. The summed E-state index contributed by atoms with van der Waals surface area (Å²) in [5.41, 5.74) is 0. The predicted molar refractivity (Wildman–Crippen MR) is 79.9 cm³/mol. The molecule has 1 fully saturated rings. The van der Waals surface area contributed by atoms with E-state index in [1.54, 1.807) is 7.05 Å². The molecule has 1 rings (SSSR count). The van der Waals surface area contributed by atoms with Crippen LogP contribution in [0.2, 0.25) is 0 Å². The molecule has 1 aliphatic rings. The molecule has 0 bridgehead atoms. The minimum atomic E-state index is -1.52. The number of thioether (sulfide) groups is 2. The van der Waals surface area contributed by atoms with Crippen LogP contribution < -0.4 is 5.32 Å². The van der Waals surface area contributed by atoms with E-state index in [0.717, 1.165) is 11.8 Å². The molecule has 0 radical (unpaired) electrons. The van der Waals surface area contributed by atoms with Crippen molar-refractivity contribution < 1.29 is 14.4 Å². The van der Waals surface area contributed by atoms with E-state index in [2.05, 4.69) is 15.3 Å². The van der Waals surface area contributed by atoms with E-state index in [4.69, 9.17) is 34.8 Å². The molecule has 0 aromatic rings. The van der Waals surface area contributed by atoms with Gasteiger partial charge in [0.05, 0.1) is 5.88 Å². The number of rotatable bonds is 3. The van der Waals surface area contributed by atoms with Crippen molar-refractivity contribution >= 4 is 75.4 Å². The third-order valence-corrected chi connectivity index (χ3v) is 4.37. The molecule has 1 N–H and O–H groups in total. The second-order valence-corrected chi connectivity index (χ2v) is 8.49. The number of oxime groups is 1. The fourth-order valence-corrected chi connectivity index (χ4v) is 2.74. The third-order valence-electron chi connectivity index (χ3n) is 1.86. The largest absolute Gasteiger partial charge is 0.434 e. The number of alkyl halides is 3. The van der Waals surface area contributed by atoms with Gasteiger partial charge in [0.15, 0.2) is 0 Å². The highest BCUT2D eigenvalue weighted by Crippen LogP contribution is 2.37. The molecule has 1 aliphatic heterocycles. The second-order valence-electron chi connectivity index (χ2n) is 3.26. The quantitative estimate of drug-likeness (QED) is 0.359. The molecule has 2 amide bonds. The highest BCUT2D eigenvalue weighted by Gasteiger charge is 2.24. The number of halogens is 3. The van der Waals surface area contributed by atoms with Crippen LogP contribution in [0.4, 0.5) is 4.79 Å². The predicted octanol–water partition coefficient (Wildman–Crippen LogP) is 2.25. The Morgan fingerprint density at radius 2 is 2.32 bits per heavy atom. The van der Waals surface area contributed by atoms with Crippen LogP contribution in [0.3, 0.4) is 0 Å². The van der Waals surface area contributed by atoms with Crippen molar-refractivity contribution in [1.29, 1.82) is 0 Å². The highest BCUT2D eigenvalue weighted by atomic mass is 35.6. The molecule has 6 nitrogen and oxygen atoms in total. The lowest BCUT2D eigenvalue weighted by Gasteiger charge is -2.21. The molecule has 1 heterocycles. The zero-order chi connectivity index (χ0) is 14.5. The summed E-state index contributed by atoms with van der Waals surface area (Å²) < 4.78 is -1.52. The molecule has 0 atom stereocenters. The van der Waals surface area contributed by atoms with E-state index < -0.39 is 9.22 Å². The van der Waals surface area contributed by atoms with Gasteiger partial charge in [-0.1, -0.05) is 63.5 Å². The van der Waals surface area contributed by atoms with Crippen LogP contribution >= 0.6 is 58.3 Å². The molecule has 1 saturated heterocycles. The first-order valence-electron chi connectivity index (χ1n) is 4.91. The van der Waals surface area contributed by atoms with E-state index in [9.17, 15) is 9.59 Å². The fourth-order valence-electron chi connectivity index (χ4n) is 0.963. The van der Waals surface area contributed by atoms with Gasteiger partial charge < -0.3 is 10.2 Å². The lowest BCUT2D eigenvalue weighted by atomic mass is 10.5. The average molecular weight is 367 g/mol. The minimum Gasteiger partial charge on any atom is -0.339 e. The fraction of sp³-hybridized carbons (Fsp3) is 0.625. The van der Waals surface area contributed by atoms with Gasteiger partial charge in [0.2, 0.25) is 8.17 Å². The maximum Gasteiger partial charge on any atom is 0.434 e. The van der Waals surface area contributed by atoms with Crippen molar-refractivity contribution in [3.8, 4) is 0 Å². The number of nitrogens with one attached hydrogen (secondary N) is 1. The van der Waals surface area contributed by atoms with Crippen molar-refractivity contribution in [2.45, 2.75) is 3.12 Å². The summed E-state index contributed by atoms with van der Waals surface area (Å²) in [6, 6.07) is 0. The van der Waals surface area contributed by atoms with E-state index in [1.165, 1.54) is 16.7 Å². The molecule has 19 heavy (non-hydrogen) atoms. The number of amides is 2. The maximum atomic E-state index is 11.6.